The highest BCUT2D eigenvalue weighted by atomic mass is 32.2. The molecule has 0 aliphatic rings. The fourth-order valence-corrected chi connectivity index (χ4v) is 4.16. The van der Waals surface area contributed by atoms with Crippen molar-refractivity contribution in [2.75, 3.05) is 7.11 Å². The lowest BCUT2D eigenvalue weighted by Gasteiger charge is -2.22. The van der Waals surface area contributed by atoms with Gasteiger partial charge in [-0.1, -0.05) is 53.6 Å². The Kier molecular flexibility index (Phi) is 8.53. The van der Waals surface area contributed by atoms with E-state index in [0.29, 0.717) is 5.57 Å². The Balaban J connectivity index is 2.30. The van der Waals surface area contributed by atoms with Crippen molar-refractivity contribution in [2.24, 2.45) is 0 Å². The average Bonchev–Trinajstić information content (AvgIpc) is 2.72. The van der Waals surface area contributed by atoms with E-state index in [-0.39, 0.29) is 17.7 Å². The topological polar surface area (TPSA) is 102 Å². The van der Waals surface area contributed by atoms with Gasteiger partial charge in [-0.25, -0.2) is 13.2 Å². The maximum Gasteiger partial charge on any atom is 0.328 e. The van der Waals surface area contributed by atoms with Gasteiger partial charge in [-0.2, -0.15) is 4.72 Å². The lowest BCUT2D eigenvalue weighted by Crippen LogP contribution is -2.52. The highest BCUT2D eigenvalue weighted by Crippen LogP contribution is 2.13. The zero-order valence-electron chi connectivity index (χ0n) is 17.9. The number of carbonyl (C=O) groups excluding carboxylic acids is 2. The minimum atomic E-state index is -3.97. The number of methoxy groups -OCH3 is 1. The van der Waals surface area contributed by atoms with Gasteiger partial charge in [0.05, 0.1) is 12.0 Å². The molecule has 0 aliphatic carbocycles. The van der Waals surface area contributed by atoms with Crippen molar-refractivity contribution in [2.45, 2.75) is 43.7 Å². The number of carbonyl (C=O) groups is 2. The van der Waals surface area contributed by atoms with E-state index in [9.17, 15) is 18.0 Å². The van der Waals surface area contributed by atoms with E-state index >= 15 is 0 Å². The van der Waals surface area contributed by atoms with Crippen LogP contribution >= 0.6 is 0 Å². The first-order valence-corrected chi connectivity index (χ1v) is 11.3. The summed E-state index contributed by atoms with van der Waals surface area (Å²) in [5.41, 5.74) is 2.36. The van der Waals surface area contributed by atoms with E-state index in [0.717, 1.165) is 11.1 Å². The van der Waals surface area contributed by atoms with Gasteiger partial charge in [0.15, 0.2) is 0 Å². The maximum atomic E-state index is 13.0. The van der Waals surface area contributed by atoms with Crippen LogP contribution in [0.1, 0.15) is 24.5 Å². The maximum absolute atomic E-state index is 13.0. The molecule has 7 nitrogen and oxygen atoms in total. The molecular formula is C23H28N2O5S. The first-order chi connectivity index (χ1) is 14.6. The zero-order valence-corrected chi connectivity index (χ0v) is 18.7. The number of amides is 1. The minimum Gasteiger partial charge on any atom is -0.467 e. The summed E-state index contributed by atoms with van der Waals surface area (Å²) < 4.78 is 33.0. The van der Waals surface area contributed by atoms with Crippen LogP contribution in [0.15, 0.2) is 71.6 Å². The molecule has 0 radical (unpaired) electrons. The monoisotopic (exact) mass is 444 g/mol. The smallest absolute Gasteiger partial charge is 0.328 e. The van der Waals surface area contributed by atoms with Gasteiger partial charge in [-0.3, -0.25) is 4.79 Å². The Morgan fingerprint density at radius 1 is 1.03 bits per heavy atom. The number of nitrogens with one attached hydrogen (secondary N) is 2. The van der Waals surface area contributed by atoms with E-state index in [1.807, 2.05) is 13.0 Å². The Morgan fingerprint density at radius 3 is 2.19 bits per heavy atom. The molecule has 0 saturated carbocycles. The molecule has 166 valence electrons. The van der Waals surface area contributed by atoms with Gasteiger partial charge in [0.25, 0.3) is 0 Å². The van der Waals surface area contributed by atoms with Crippen molar-refractivity contribution < 1.29 is 22.7 Å². The van der Waals surface area contributed by atoms with Crippen LogP contribution in [0.4, 0.5) is 0 Å². The summed E-state index contributed by atoms with van der Waals surface area (Å²) in [6.45, 7) is 7.34. The average molecular weight is 445 g/mol. The molecule has 31 heavy (non-hydrogen) atoms. The van der Waals surface area contributed by atoms with Crippen LogP contribution in [-0.4, -0.2) is 39.5 Å². The number of benzene rings is 2. The summed E-state index contributed by atoms with van der Waals surface area (Å²) in [4.78, 5) is 25.2. The molecule has 0 saturated heterocycles. The van der Waals surface area contributed by atoms with Crippen LogP contribution < -0.4 is 10.0 Å². The lowest BCUT2D eigenvalue weighted by molar-refractivity contribution is -0.145. The molecule has 2 aromatic rings. The van der Waals surface area contributed by atoms with E-state index in [1.165, 1.54) is 19.2 Å². The molecule has 0 spiro atoms. The quantitative estimate of drug-likeness (QED) is 0.433. The number of sulfonamides is 1. The van der Waals surface area contributed by atoms with Crippen LogP contribution in [0, 0.1) is 6.92 Å². The standard InChI is InChI=1S/C23H28N2O5S/c1-16(2)14-21(23(27)30-4)24-22(26)20(15-18-8-6-5-7-9-18)25-31(28,29)19-12-10-17(3)11-13-19/h5-13,20-21,25H,1,14-15H2,2-4H3,(H,24,26)/t20-,21-/m0/s1. The third-order valence-electron chi connectivity index (χ3n) is 4.58. The van der Waals surface area contributed by atoms with E-state index in [1.54, 1.807) is 43.3 Å². The molecule has 1 amide bonds. The second-order valence-electron chi connectivity index (χ2n) is 7.42. The molecule has 0 aromatic heterocycles. The molecular weight excluding hydrogens is 416 g/mol. The summed E-state index contributed by atoms with van der Waals surface area (Å²) in [5, 5.41) is 2.60. The van der Waals surface area contributed by atoms with Gasteiger partial charge in [0.1, 0.15) is 12.1 Å². The SMILES string of the molecule is C=C(C)C[C@H](NC(=O)[C@H](Cc1ccccc1)NS(=O)(=O)c1ccc(C)cc1)C(=O)OC. The lowest BCUT2D eigenvalue weighted by atomic mass is 10.0. The van der Waals surface area contributed by atoms with E-state index in [4.69, 9.17) is 4.74 Å². The summed E-state index contributed by atoms with van der Waals surface area (Å²) in [6.07, 6.45) is 0.292. The van der Waals surface area contributed by atoms with E-state index in [2.05, 4.69) is 16.6 Å². The number of rotatable bonds is 10. The van der Waals surface area contributed by atoms with Gasteiger partial charge in [0.2, 0.25) is 15.9 Å². The molecule has 2 aromatic carbocycles. The Morgan fingerprint density at radius 2 is 1.65 bits per heavy atom. The fraction of sp³-hybridized carbons (Fsp3) is 0.304. The highest BCUT2D eigenvalue weighted by Gasteiger charge is 2.30. The number of aryl methyl sites for hydroxylation is 1. The third-order valence-corrected chi connectivity index (χ3v) is 6.07. The summed E-state index contributed by atoms with van der Waals surface area (Å²) in [7, 11) is -2.75. The number of esters is 1. The van der Waals surface area contributed by atoms with Crippen molar-refractivity contribution in [1.29, 1.82) is 0 Å². The van der Waals surface area contributed by atoms with Crippen molar-refractivity contribution in [1.82, 2.24) is 10.0 Å². The first kappa shape index (κ1) is 24.3. The van der Waals surface area contributed by atoms with Crippen molar-refractivity contribution >= 4 is 21.9 Å². The second-order valence-corrected chi connectivity index (χ2v) is 9.14. The zero-order chi connectivity index (χ0) is 23.0. The van der Waals surface area contributed by atoms with Gasteiger partial charge >= 0.3 is 5.97 Å². The van der Waals surface area contributed by atoms with Crippen molar-refractivity contribution in [3.63, 3.8) is 0 Å². The molecule has 2 atom stereocenters. The first-order valence-electron chi connectivity index (χ1n) is 9.78. The second kappa shape index (κ2) is 10.9. The van der Waals surface area contributed by atoms with Crippen LogP contribution in [0.25, 0.3) is 0 Å². The predicted octanol–water partition coefficient (Wildman–Crippen LogP) is 2.51. The van der Waals surface area contributed by atoms with Crippen LogP contribution in [0.2, 0.25) is 0 Å². The van der Waals surface area contributed by atoms with E-state index < -0.39 is 34.0 Å². The number of ether oxygens (including phenoxy) is 1. The van der Waals surface area contributed by atoms with Gasteiger partial charge in [-0.15, -0.1) is 6.58 Å². The van der Waals surface area contributed by atoms with Gasteiger partial charge < -0.3 is 10.1 Å². The van der Waals surface area contributed by atoms with Crippen LogP contribution in [-0.2, 0) is 30.8 Å². The van der Waals surface area contributed by atoms with Gasteiger partial charge in [-0.05, 0) is 44.4 Å². The van der Waals surface area contributed by atoms with Crippen LogP contribution in [0.5, 0.6) is 0 Å². The molecule has 0 unspecified atom stereocenters. The molecule has 0 bridgehead atoms. The van der Waals surface area contributed by atoms with Gasteiger partial charge in [0, 0.05) is 0 Å². The number of hydrogen-bond donors (Lipinski definition) is 2. The Labute approximate surface area is 183 Å². The van der Waals surface area contributed by atoms with Crippen molar-refractivity contribution in [3.05, 3.63) is 77.9 Å². The molecule has 0 fully saturated rings. The Bertz CT molecular complexity index is 1020. The van der Waals surface area contributed by atoms with Crippen molar-refractivity contribution in [3.8, 4) is 0 Å². The fourth-order valence-electron chi connectivity index (χ4n) is 2.97. The molecule has 2 N–H and O–H groups in total. The highest BCUT2D eigenvalue weighted by molar-refractivity contribution is 7.89. The molecule has 8 heteroatoms. The molecule has 2 rings (SSSR count). The minimum absolute atomic E-state index is 0.0513. The Hall–Kier alpha value is -2.97. The summed E-state index contributed by atoms with van der Waals surface area (Å²) in [6, 6.07) is 13.3. The van der Waals surface area contributed by atoms with Crippen LogP contribution in [0.3, 0.4) is 0 Å². The predicted molar refractivity (Wildman–Crippen MR) is 119 cm³/mol. The summed E-state index contributed by atoms with van der Waals surface area (Å²) >= 11 is 0. The largest absolute Gasteiger partial charge is 0.467 e. The molecule has 0 heterocycles. The molecule has 0 aliphatic heterocycles. The third kappa shape index (κ3) is 7.34. The number of hydrogen-bond acceptors (Lipinski definition) is 5. The summed E-state index contributed by atoms with van der Waals surface area (Å²) in [5.74, 6) is -1.26. The normalized spacial score (nSPS) is 13.1.